The summed E-state index contributed by atoms with van der Waals surface area (Å²) in [5, 5.41) is 17.0. The number of ether oxygens (including phenoxy) is 1. The van der Waals surface area contributed by atoms with Crippen molar-refractivity contribution in [2.24, 2.45) is 5.73 Å². The number of piperazine rings is 2. The topological polar surface area (TPSA) is 218 Å². The van der Waals surface area contributed by atoms with Gasteiger partial charge in [0, 0.05) is 128 Å². The number of rotatable bonds is 13. The van der Waals surface area contributed by atoms with E-state index in [4.69, 9.17) is 30.3 Å². The summed E-state index contributed by atoms with van der Waals surface area (Å²) in [6.45, 7) is 15.7. The van der Waals surface area contributed by atoms with Crippen LogP contribution in [0.15, 0.2) is 97.3 Å². The average molecular weight is 1120 g/mol. The minimum atomic E-state index is -5.08. The molecular formula is C53H66F8N10O8. The first-order valence-corrected chi connectivity index (χ1v) is 25.3. The quantitative estimate of drug-likeness (QED) is 0.115. The monoisotopic (exact) mass is 1120 g/mol. The summed E-state index contributed by atoms with van der Waals surface area (Å²) in [5.74, 6) is -4.07. The number of carbonyl (C=O) groups excluding carboxylic acids is 3. The van der Waals surface area contributed by atoms with Crippen molar-refractivity contribution in [2.75, 3.05) is 88.3 Å². The van der Waals surface area contributed by atoms with Gasteiger partial charge < -0.3 is 45.6 Å². The number of carboxylic acid groups (broad SMARTS) is 2. The van der Waals surface area contributed by atoms with Gasteiger partial charge >= 0.3 is 30.4 Å². The van der Waals surface area contributed by atoms with Crippen molar-refractivity contribution in [3.05, 3.63) is 120 Å². The van der Waals surface area contributed by atoms with Crippen LogP contribution in [0.1, 0.15) is 44.7 Å². The molecule has 4 saturated heterocycles. The van der Waals surface area contributed by atoms with E-state index in [9.17, 15) is 49.5 Å². The molecule has 8 rings (SSSR count). The predicted molar refractivity (Wildman–Crippen MR) is 275 cm³/mol. The van der Waals surface area contributed by atoms with Crippen molar-refractivity contribution in [3.8, 4) is 0 Å². The number of anilines is 2. The minimum Gasteiger partial charge on any atom is -0.475 e. The molecule has 79 heavy (non-hydrogen) atoms. The molecule has 4 aliphatic heterocycles. The summed E-state index contributed by atoms with van der Waals surface area (Å²) in [5.41, 5.74) is 6.47. The Morgan fingerprint density at radius 2 is 0.962 bits per heavy atom. The highest BCUT2D eigenvalue weighted by Crippen LogP contribution is 2.24. The fourth-order valence-corrected chi connectivity index (χ4v) is 8.78. The summed E-state index contributed by atoms with van der Waals surface area (Å²) in [6.07, 6.45) is -6.19. The number of carboxylic acids is 2. The Balaban J connectivity index is 0.000000237. The number of hydrogen-bond acceptors (Lipinski definition) is 13. The van der Waals surface area contributed by atoms with Gasteiger partial charge in [-0.1, -0.05) is 48.5 Å². The Bertz CT molecular complexity index is 2570. The van der Waals surface area contributed by atoms with Crippen LogP contribution in [-0.4, -0.2) is 190 Å². The Kier molecular flexibility index (Phi) is 22.7. The van der Waals surface area contributed by atoms with Gasteiger partial charge in [0.1, 0.15) is 28.9 Å². The lowest BCUT2D eigenvalue weighted by atomic mass is 10.00. The van der Waals surface area contributed by atoms with Crippen LogP contribution in [0.3, 0.4) is 0 Å². The molecule has 5 N–H and O–H groups in total. The van der Waals surface area contributed by atoms with E-state index in [-0.39, 0.29) is 48.8 Å². The molecule has 0 aliphatic carbocycles. The zero-order chi connectivity index (χ0) is 58.1. The number of halogens is 8. The molecule has 2 aromatic carbocycles. The van der Waals surface area contributed by atoms with Crippen LogP contribution >= 0.6 is 0 Å². The molecule has 4 aromatic rings. The summed E-state index contributed by atoms with van der Waals surface area (Å²) in [6, 6.07) is 24.8. The van der Waals surface area contributed by atoms with Crippen LogP contribution in [0, 0.1) is 11.6 Å². The summed E-state index contributed by atoms with van der Waals surface area (Å²) in [4.78, 5) is 77.8. The molecule has 4 aliphatic rings. The first-order chi connectivity index (χ1) is 37.2. The highest BCUT2D eigenvalue weighted by atomic mass is 19.4. The van der Waals surface area contributed by atoms with Crippen molar-refractivity contribution < 1.29 is 74.0 Å². The maximum absolute atomic E-state index is 14.3. The highest BCUT2D eigenvalue weighted by molar-refractivity contribution is 5.79. The minimum absolute atomic E-state index is 0.0456. The van der Waals surface area contributed by atoms with E-state index in [1.165, 1.54) is 12.1 Å². The van der Waals surface area contributed by atoms with Gasteiger partial charge in [0.15, 0.2) is 0 Å². The molecule has 6 heterocycles. The van der Waals surface area contributed by atoms with Crippen molar-refractivity contribution >= 4 is 41.5 Å². The zero-order valence-corrected chi connectivity index (χ0v) is 43.9. The molecule has 0 unspecified atom stereocenters. The number of amides is 3. The number of pyridine rings is 2. The lowest BCUT2D eigenvalue weighted by Gasteiger charge is -2.48. The second-order valence-electron chi connectivity index (χ2n) is 20.0. The van der Waals surface area contributed by atoms with Crippen molar-refractivity contribution in [2.45, 2.75) is 88.6 Å². The zero-order valence-electron chi connectivity index (χ0n) is 43.9. The lowest BCUT2D eigenvalue weighted by Crippen LogP contribution is -2.64. The van der Waals surface area contributed by atoms with E-state index >= 15 is 0 Å². The Morgan fingerprint density at radius 3 is 1.32 bits per heavy atom. The third-order valence-corrected chi connectivity index (χ3v) is 13.0. The van der Waals surface area contributed by atoms with Gasteiger partial charge in [-0.2, -0.15) is 26.3 Å². The summed E-state index contributed by atoms with van der Waals surface area (Å²) in [7, 11) is 0. The molecular weight excluding hydrogens is 1060 g/mol. The number of nitrogens with one attached hydrogen (secondary N) is 1. The van der Waals surface area contributed by atoms with E-state index in [1.807, 2.05) is 58.6 Å². The molecule has 2 aromatic heterocycles. The molecule has 18 nitrogen and oxygen atoms in total. The number of likely N-dealkylation sites (tertiary alicyclic amines) is 2. The molecule has 0 bridgehead atoms. The molecule has 26 heteroatoms. The third kappa shape index (κ3) is 20.5. The van der Waals surface area contributed by atoms with Crippen LogP contribution in [-0.2, 0) is 36.8 Å². The maximum Gasteiger partial charge on any atom is 0.490 e. The van der Waals surface area contributed by atoms with Gasteiger partial charge in [-0.15, -0.1) is 0 Å². The Labute approximate surface area is 452 Å². The van der Waals surface area contributed by atoms with Gasteiger partial charge in [-0.05, 0) is 81.1 Å². The van der Waals surface area contributed by atoms with E-state index < -0.39 is 42.0 Å². The molecule has 432 valence electrons. The molecule has 3 amide bonds. The van der Waals surface area contributed by atoms with Crippen molar-refractivity contribution in [1.82, 2.24) is 34.9 Å². The van der Waals surface area contributed by atoms with E-state index in [0.717, 1.165) is 77.1 Å². The molecule has 0 saturated carbocycles. The Hall–Kier alpha value is -7.19. The number of nitrogens with two attached hydrogens (primary N) is 1. The maximum atomic E-state index is 14.3. The normalized spacial score (nSPS) is 17.2. The number of carbonyl (C=O) groups is 5. The van der Waals surface area contributed by atoms with Gasteiger partial charge in [0.25, 0.3) is 0 Å². The van der Waals surface area contributed by atoms with Crippen LogP contribution < -0.4 is 20.9 Å². The SMILES string of the molecule is CC(C)(C)OC(=O)N[C@@H](CC(=O)N1CC(N2CCN(c3ccccn3)CC2)C1)Cc1ccccc1F.N[C@@H](CC(=O)N1CC(N2CCN(c3ccccn3)CC2)C1)Cc1ccccc1F.O=C(O)C(F)(F)F.O=C(O)C(F)(F)F. The van der Waals surface area contributed by atoms with Gasteiger partial charge in [0.2, 0.25) is 11.8 Å². The standard InChI is InChI=1S/C27H36FN5O3.C22H28FN5O.2C2HF3O2/c1-27(2,3)36-26(35)30-21(16-20-8-4-5-9-23(20)28)17-25(34)33-18-22(19-33)31-12-14-32(15-13-31)24-10-6-7-11-29-24;23-20-6-2-1-5-17(20)13-18(24)14-22(29)28-15-19(16-28)26-9-11-27(12-10-26)21-7-3-4-8-25-21;2*3-2(4,5)1(6)7/h4-11,21-22H,12-19H2,1-3H3,(H,30,35);1-8,18-19H,9-16,24H2;2*(H,6,7)/t21-;18-;;/m11../s1. The number of aromatic nitrogens is 2. The number of hydrogen-bond donors (Lipinski definition) is 4. The first-order valence-electron chi connectivity index (χ1n) is 25.3. The van der Waals surface area contributed by atoms with Gasteiger partial charge in [0.05, 0.1) is 0 Å². The van der Waals surface area contributed by atoms with E-state index in [1.54, 1.807) is 57.2 Å². The van der Waals surface area contributed by atoms with Crippen LogP contribution in [0.2, 0.25) is 0 Å². The van der Waals surface area contributed by atoms with E-state index in [0.29, 0.717) is 42.7 Å². The first kappa shape index (κ1) is 62.7. The third-order valence-electron chi connectivity index (χ3n) is 13.0. The van der Waals surface area contributed by atoms with Crippen molar-refractivity contribution in [1.29, 1.82) is 0 Å². The fraction of sp³-hybridized carbons (Fsp3) is 0.491. The second kappa shape index (κ2) is 28.6. The van der Waals surface area contributed by atoms with Crippen LogP contribution in [0.5, 0.6) is 0 Å². The van der Waals surface area contributed by atoms with Gasteiger partial charge in [-0.25, -0.2) is 33.1 Å². The highest BCUT2D eigenvalue weighted by Gasteiger charge is 2.40. The average Bonchev–Trinajstić information content (AvgIpc) is 3.39. The predicted octanol–water partition coefficient (Wildman–Crippen LogP) is 5.86. The largest absolute Gasteiger partial charge is 0.490 e. The molecule has 0 spiro atoms. The van der Waals surface area contributed by atoms with Crippen LogP contribution in [0.25, 0.3) is 0 Å². The Morgan fingerprint density at radius 1 is 0.595 bits per heavy atom. The second-order valence-corrected chi connectivity index (χ2v) is 20.0. The summed E-state index contributed by atoms with van der Waals surface area (Å²) >= 11 is 0. The summed E-state index contributed by atoms with van der Waals surface area (Å²) < 4.78 is 96.9. The number of nitrogens with zero attached hydrogens (tertiary/aromatic N) is 8. The van der Waals surface area contributed by atoms with E-state index in [2.05, 4.69) is 34.9 Å². The lowest BCUT2D eigenvalue weighted by molar-refractivity contribution is -0.193. The van der Waals surface area contributed by atoms with Crippen molar-refractivity contribution in [3.63, 3.8) is 0 Å². The molecule has 4 fully saturated rings. The number of alkyl halides is 6. The fourth-order valence-electron chi connectivity index (χ4n) is 8.78. The number of aliphatic carboxylic acids is 2. The van der Waals surface area contributed by atoms with Crippen LogP contribution in [0.4, 0.5) is 51.6 Å². The smallest absolute Gasteiger partial charge is 0.475 e. The molecule has 0 radical (unpaired) electrons. The number of alkyl carbamates (subject to hydrolysis) is 1. The molecule has 2 atom stereocenters. The van der Waals surface area contributed by atoms with Gasteiger partial charge in [-0.3, -0.25) is 19.4 Å². The number of benzene rings is 2.